The van der Waals surface area contributed by atoms with Gasteiger partial charge in [-0.05, 0) is 47.0 Å². The van der Waals surface area contributed by atoms with Crippen LogP contribution in [0.2, 0.25) is 5.02 Å². The number of carbonyl (C=O) groups excluding carboxylic acids is 2. The van der Waals surface area contributed by atoms with E-state index >= 15 is 0 Å². The van der Waals surface area contributed by atoms with Gasteiger partial charge in [0.15, 0.2) is 0 Å². The highest BCUT2D eigenvalue weighted by Gasteiger charge is 2.24. The first-order chi connectivity index (χ1) is 15.6. The Morgan fingerprint density at radius 1 is 0.906 bits per heavy atom. The van der Waals surface area contributed by atoms with Crippen molar-refractivity contribution in [1.82, 2.24) is 9.80 Å². The minimum Gasteiger partial charge on any atom is -0.336 e. The molecule has 2 heterocycles. The Kier molecular flexibility index (Phi) is 5.60. The lowest BCUT2D eigenvalue weighted by atomic mass is 9.98. The summed E-state index contributed by atoms with van der Waals surface area (Å²) >= 11 is 6.03. The lowest BCUT2D eigenvalue weighted by molar-refractivity contribution is 0.0629. The quantitative estimate of drug-likeness (QED) is 0.595. The molecule has 32 heavy (non-hydrogen) atoms. The third-order valence-electron chi connectivity index (χ3n) is 6.05. The largest absolute Gasteiger partial charge is 0.336 e. The Balaban J connectivity index is 1.25. The molecular weight excluding hydrogens is 422 g/mol. The molecule has 0 aliphatic carbocycles. The highest BCUT2D eigenvalue weighted by Crippen LogP contribution is 2.27. The topological polar surface area (TPSA) is 53.0 Å². The van der Waals surface area contributed by atoms with Crippen LogP contribution in [0.3, 0.4) is 0 Å². The fraction of sp³-hybridized carbons (Fsp3) is 0.192. The van der Waals surface area contributed by atoms with E-state index in [2.05, 4.69) is 9.89 Å². The van der Waals surface area contributed by atoms with Crippen molar-refractivity contribution in [1.29, 1.82) is 0 Å². The molecule has 5 rings (SSSR count). The zero-order valence-electron chi connectivity index (χ0n) is 17.5. The molecule has 2 aliphatic heterocycles. The van der Waals surface area contributed by atoms with Gasteiger partial charge in [0.05, 0.1) is 5.56 Å². The van der Waals surface area contributed by atoms with Crippen LogP contribution in [0.1, 0.15) is 31.8 Å². The molecular formula is C26H22ClN3O2. The Morgan fingerprint density at radius 2 is 1.66 bits per heavy atom. The number of piperazine rings is 1. The van der Waals surface area contributed by atoms with Crippen molar-refractivity contribution in [3.05, 3.63) is 94.0 Å². The number of rotatable bonds is 4. The van der Waals surface area contributed by atoms with Crippen LogP contribution in [-0.2, 0) is 6.54 Å². The molecule has 0 saturated carbocycles. The summed E-state index contributed by atoms with van der Waals surface area (Å²) in [5.74, 6) is -0.111. The number of hydrogen-bond donors (Lipinski definition) is 0. The normalized spacial score (nSPS) is 15.8. The van der Waals surface area contributed by atoms with Crippen LogP contribution >= 0.6 is 11.6 Å². The molecule has 0 radical (unpaired) electrons. The molecule has 2 amide bonds. The maximum atomic E-state index is 13.3. The minimum absolute atomic E-state index is 0.0578. The molecule has 0 N–H and O–H groups in total. The molecule has 1 fully saturated rings. The summed E-state index contributed by atoms with van der Waals surface area (Å²) in [5, 5.41) is 0.677. The molecule has 0 aromatic heterocycles. The number of benzene rings is 3. The summed E-state index contributed by atoms with van der Waals surface area (Å²) in [6, 6.07) is 21.2. The minimum atomic E-state index is -0.169. The van der Waals surface area contributed by atoms with Gasteiger partial charge >= 0.3 is 0 Å². The number of carbonyl (C=O) groups is 2. The predicted octanol–water partition coefficient (Wildman–Crippen LogP) is 4.54. The van der Waals surface area contributed by atoms with Crippen molar-refractivity contribution in [3.63, 3.8) is 0 Å². The molecule has 1 saturated heterocycles. The van der Waals surface area contributed by atoms with E-state index in [1.807, 2.05) is 71.6 Å². The highest BCUT2D eigenvalue weighted by atomic mass is 35.5. The summed E-state index contributed by atoms with van der Waals surface area (Å²) < 4.78 is 0. The van der Waals surface area contributed by atoms with Gasteiger partial charge < -0.3 is 4.90 Å². The maximum Gasteiger partial charge on any atom is 0.277 e. The smallest absolute Gasteiger partial charge is 0.277 e. The summed E-state index contributed by atoms with van der Waals surface area (Å²) in [4.78, 5) is 33.1. The van der Waals surface area contributed by atoms with Gasteiger partial charge in [0.2, 0.25) is 0 Å². The van der Waals surface area contributed by atoms with Crippen LogP contribution in [0.5, 0.6) is 0 Å². The lowest BCUT2D eigenvalue weighted by Gasteiger charge is -2.35. The SMILES string of the molecule is O=C1N=Cc2cc(CN3CCN(C(=O)c4ccccc4-c4ccc(Cl)cc4)CC3)ccc21. The standard InChI is InChI=1S/C26H22ClN3O2/c27-21-8-6-19(7-9-21)22-3-1-2-4-24(22)26(32)30-13-11-29(12-14-30)17-18-5-10-23-20(15-18)16-28-25(23)31/h1-10,15-16H,11-14,17H2. The summed E-state index contributed by atoms with van der Waals surface area (Å²) in [6.45, 7) is 3.76. The van der Waals surface area contributed by atoms with Gasteiger partial charge in [0, 0.05) is 55.1 Å². The number of hydrogen-bond acceptors (Lipinski definition) is 3. The first-order valence-electron chi connectivity index (χ1n) is 10.7. The molecule has 6 heteroatoms. The van der Waals surface area contributed by atoms with Crippen LogP contribution in [0, 0.1) is 0 Å². The zero-order valence-corrected chi connectivity index (χ0v) is 18.3. The van der Waals surface area contributed by atoms with Gasteiger partial charge in [-0.1, -0.05) is 48.0 Å². The fourth-order valence-corrected chi connectivity index (χ4v) is 4.42. The molecule has 160 valence electrons. The number of halogens is 1. The Bertz CT molecular complexity index is 1210. The first-order valence-corrected chi connectivity index (χ1v) is 11.0. The van der Waals surface area contributed by atoms with E-state index in [-0.39, 0.29) is 11.8 Å². The maximum absolute atomic E-state index is 13.3. The van der Waals surface area contributed by atoms with Gasteiger partial charge in [-0.15, -0.1) is 0 Å². The molecule has 2 aliphatic rings. The summed E-state index contributed by atoms with van der Waals surface area (Å²) in [7, 11) is 0. The van der Waals surface area contributed by atoms with Crippen molar-refractivity contribution in [2.45, 2.75) is 6.54 Å². The molecule has 3 aromatic carbocycles. The first kappa shape index (κ1) is 20.6. The molecule has 5 nitrogen and oxygen atoms in total. The van der Waals surface area contributed by atoms with Crippen LogP contribution < -0.4 is 0 Å². The van der Waals surface area contributed by atoms with Crippen molar-refractivity contribution >= 4 is 29.6 Å². The van der Waals surface area contributed by atoms with Crippen molar-refractivity contribution in [2.75, 3.05) is 26.2 Å². The number of fused-ring (bicyclic) bond motifs is 1. The molecule has 0 unspecified atom stereocenters. The van der Waals surface area contributed by atoms with Crippen LogP contribution in [-0.4, -0.2) is 54.0 Å². The van der Waals surface area contributed by atoms with E-state index in [0.717, 1.165) is 41.9 Å². The van der Waals surface area contributed by atoms with E-state index in [0.29, 0.717) is 29.2 Å². The Labute approximate surface area is 191 Å². The highest BCUT2D eigenvalue weighted by molar-refractivity contribution is 6.30. The van der Waals surface area contributed by atoms with Gasteiger partial charge in [-0.3, -0.25) is 14.5 Å². The molecule has 3 aromatic rings. The van der Waals surface area contributed by atoms with E-state index < -0.39 is 0 Å². The average molecular weight is 444 g/mol. The summed E-state index contributed by atoms with van der Waals surface area (Å²) in [5.41, 5.74) is 5.33. The number of amides is 2. The average Bonchev–Trinajstić information content (AvgIpc) is 3.19. The lowest BCUT2D eigenvalue weighted by Crippen LogP contribution is -2.48. The van der Waals surface area contributed by atoms with E-state index in [1.165, 1.54) is 0 Å². The number of nitrogens with zero attached hydrogens (tertiary/aromatic N) is 3. The Morgan fingerprint density at radius 3 is 2.44 bits per heavy atom. The van der Waals surface area contributed by atoms with Gasteiger partial charge in [0.25, 0.3) is 11.8 Å². The van der Waals surface area contributed by atoms with Crippen LogP contribution in [0.15, 0.2) is 71.7 Å². The van der Waals surface area contributed by atoms with Crippen molar-refractivity contribution < 1.29 is 9.59 Å². The monoisotopic (exact) mass is 443 g/mol. The third-order valence-corrected chi connectivity index (χ3v) is 6.30. The molecule has 0 atom stereocenters. The fourth-order valence-electron chi connectivity index (χ4n) is 4.30. The number of aliphatic imine (C=N–C) groups is 1. The Hall–Kier alpha value is -3.28. The van der Waals surface area contributed by atoms with Gasteiger partial charge in [0.1, 0.15) is 0 Å². The van der Waals surface area contributed by atoms with Crippen LogP contribution in [0.25, 0.3) is 11.1 Å². The molecule has 0 spiro atoms. The second-order valence-electron chi connectivity index (χ2n) is 8.11. The second-order valence-corrected chi connectivity index (χ2v) is 8.54. The van der Waals surface area contributed by atoms with E-state index in [4.69, 9.17) is 11.6 Å². The van der Waals surface area contributed by atoms with E-state index in [9.17, 15) is 9.59 Å². The second kappa shape index (κ2) is 8.69. The third kappa shape index (κ3) is 4.09. The van der Waals surface area contributed by atoms with Crippen molar-refractivity contribution in [2.24, 2.45) is 4.99 Å². The van der Waals surface area contributed by atoms with Gasteiger partial charge in [-0.2, -0.15) is 0 Å². The van der Waals surface area contributed by atoms with E-state index in [1.54, 1.807) is 6.21 Å². The summed E-state index contributed by atoms with van der Waals surface area (Å²) in [6.07, 6.45) is 1.63. The predicted molar refractivity (Wildman–Crippen MR) is 126 cm³/mol. The molecule has 0 bridgehead atoms. The van der Waals surface area contributed by atoms with Gasteiger partial charge in [-0.25, -0.2) is 4.99 Å². The zero-order chi connectivity index (χ0) is 22.1. The van der Waals surface area contributed by atoms with Crippen LogP contribution in [0.4, 0.5) is 0 Å². The van der Waals surface area contributed by atoms with Crippen molar-refractivity contribution in [3.8, 4) is 11.1 Å².